The van der Waals surface area contributed by atoms with Gasteiger partial charge in [-0.25, -0.2) is 0 Å². The van der Waals surface area contributed by atoms with E-state index in [2.05, 4.69) is 88.4 Å². The van der Waals surface area contributed by atoms with Gasteiger partial charge < -0.3 is 0 Å². The van der Waals surface area contributed by atoms with Gasteiger partial charge in [0.2, 0.25) is 0 Å². The highest BCUT2D eigenvalue weighted by molar-refractivity contribution is 5.75. The van der Waals surface area contributed by atoms with Crippen LogP contribution < -0.4 is 0 Å². The predicted molar refractivity (Wildman–Crippen MR) is 91.5 cm³/mol. The zero-order chi connectivity index (χ0) is 15.1. The monoisotopic (exact) mass is 276 g/mol. The highest BCUT2D eigenvalue weighted by atomic mass is 14.4. The summed E-state index contributed by atoms with van der Waals surface area (Å²) in [6.45, 7) is 9.13. The Morgan fingerprint density at radius 3 is 1.95 bits per heavy atom. The van der Waals surface area contributed by atoms with Crippen LogP contribution in [0.2, 0.25) is 0 Å². The van der Waals surface area contributed by atoms with E-state index in [4.69, 9.17) is 0 Å². The molecule has 21 heavy (non-hydrogen) atoms. The number of benzene rings is 2. The minimum atomic E-state index is 0.196. The summed E-state index contributed by atoms with van der Waals surface area (Å²) in [5.41, 5.74) is 6.09. The lowest BCUT2D eigenvalue weighted by molar-refractivity contribution is 0.564. The minimum absolute atomic E-state index is 0.196. The van der Waals surface area contributed by atoms with Crippen molar-refractivity contribution in [2.45, 2.75) is 44.9 Å². The molecule has 0 nitrogen and oxygen atoms in total. The lowest BCUT2D eigenvalue weighted by Gasteiger charge is -2.38. The molecule has 1 atom stereocenters. The third-order valence-electron chi connectivity index (χ3n) is 4.61. The van der Waals surface area contributed by atoms with Crippen LogP contribution in [0.15, 0.2) is 60.7 Å². The predicted octanol–water partition coefficient (Wildman–Crippen LogP) is 5.73. The molecule has 0 radical (unpaired) electrons. The minimum Gasteiger partial charge on any atom is -0.0700 e. The zero-order valence-electron chi connectivity index (χ0n) is 13.5. The van der Waals surface area contributed by atoms with Crippen LogP contribution in [-0.2, 0) is 10.8 Å². The summed E-state index contributed by atoms with van der Waals surface area (Å²) in [7, 11) is 0. The Hall–Kier alpha value is -1.82. The van der Waals surface area contributed by atoms with Crippen molar-refractivity contribution in [3.8, 4) is 0 Å². The van der Waals surface area contributed by atoms with Gasteiger partial charge in [-0.1, -0.05) is 88.4 Å². The first kappa shape index (κ1) is 14.1. The smallest absolute Gasteiger partial charge is 0.0150 e. The van der Waals surface area contributed by atoms with Gasteiger partial charge >= 0.3 is 0 Å². The van der Waals surface area contributed by atoms with Crippen LogP contribution in [0.5, 0.6) is 0 Å². The molecule has 0 fully saturated rings. The molecule has 0 N–H and O–H groups in total. The van der Waals surface area contributed by atoms with Crippen LogP contribution in [-0.4, -0.2) is 0 Å². The molecule has 0 heterocycles. The van der Waals surface area contributed by atoms with Crippen LogP contribution >= 0.6 is 0 Å². The van der Waals surface area contributed by atoms with Crippen LogP contribution in [0.1, 0.15) is 50.8 Å². The van der Waals surface area contributed by atoms with Crippen molar-refractivity contribution in [2.75, 3.05) is 0 Å². The van der Waals surface area contributed by atoms with E-state index in [0.717, 1.165) is 6.42 Å². The molecule has 0 saturated heterocycles. The Kier molecular flexibility index (Phi) is 3.28. The summed E-state index contributed by atoms with van der Waals surface area (Å²) in [5.74, 6) is 0. The fourth-order valence-corrected chi connectivity index (χ4v) is 3.13. The van der Waals surface area contributed by atoms with Gasteiger partial charge in [-0.3, -0.25) is 0 Å². The third kappa shape index (κ3) is 2.68. The summed E-state index contributed by atoms with van der Waals surface area (Å²) in [6, 6.07) is 19.9. The Labute approximate surface area is 128 Å². The van der Waals surface area contributed by atoms with Crippen molar-refractivity contribution in [1.29, 1.82) is 0 Å². The van der Waals surface area contributed by atoms with Gasteiger partial charge in [-0.05, 0) is 34.1 Å². The fraction of sp³-hybridized carbons (Fsp3) is 0.333. The standard InChI is InChI=1S/C21H24/c1-20(2,3)18-10-12-19(13-11-18)21(4)14-17(15-21)16-8-6-5-7-9-16/h5-14H,15H2,1-4H3/t21-/m0/s1. The van der Waals surface area contributed by atoms with E-state index in [-0.39, 0.29) is 10.8 Å². The van der Waals surface area contributed by atoms with Gasteiger partial charge in [-0.15, -0.1) is 0 Å². The van der Waals surface area contributed by atoms with Crippen LogP contribution in [0.25, 0.3) is 5.57 Å². The van der Waals surface area contributed by atoms with E-state index >= 15 is 0 Å². The average molecular weight is 276 g/mol. The van der Waals surface area contributed by atoms with Crippen molar-refractivity contribution < 1.29 is 0 Å². The normalized spacial score (nSPS) is 21.6. The molecular weight excluding hydrogens is 252 g/mol. The topological polar surface area (TPSA) is 0 Å². The van der Waals surface area contributed by atoms with E-state index in [0.29, 0.717) is 0 Å². The first-order valence-corrected chi connectivity index (χ1v) is 7.77. The SMILES string of the molecule is CC(C)(C)c1ccc([C@@]2(C)C=C(c3ccccc3)C2)cc1. The van der Waals surface area contributed by atoms with Crippen LogP contribution in [0.3, 0.4) is 0 Å². The maximum Gasteiger partial charge on any atom is 0.0150 e. The van der Waals surface area contributed by atoms with Crippen molar-refractivity contribution in [3.05, 3.63) is 77.4 Å². The average Bonchev–Trinajstić information content (AvgIpc) is 2.44. The molecule has 0 spiro atoms. The molecule has 2 aromatic rings. The summed E-state index contributed by atoms with van der Waals surface area (Å²) >= 11 is 0. The Morgan fingerprint density at radius 1 is 0.857 bits per heavy atom. The maximum absolute atomic E-state index is 2.43. The number of rotatable bonds is 2. The van der Waals surface area contributed by atoms with Crippen LogP contribution in [0.4, 0.5) is 0 Å². The summed E-state index contributed by atoms with van der Waals surface area (Å²) in [4.78, 5) is 0. The van der Waals surface area contributed by atoms with E-state index in [1.165, 1.54) is 22.3 Å². The largest absolute Gasteiger partial charge is 0.0700 e. The Balaban J connectivity index is 1.84. The van der Waals surface area contributed by atoms with Gasteiger partial charge in [0.15, 0.2) is 0 Å². The lowest BCUT2D eigenvalue weighted by Crippen LogP contribution is -2.27. The maximum atomic E-state index is 2.43. The summed E-state index contributed by atoms with van der Waals surface area (Å²) < 4.78 is 0. The fourth-order valence-electron chi connectivity index (χ4n) is 3.13. The Morgan fingerprint density at radius 2 is 1.43 bits per heavy atom. The second-order valence-corrected chi connectivity index (χ2v) is 7.46. The summed E-state index contributed by atoms with van der Waals surface area (Å²) in [6.07, 6.45) is 3.56. The zero-order valence-corrected chi connectivity index (χ0v) is 13.5. The second kappa shape index (κ2) is 4.87. The molecule has 1 aliphatic carbocycles. The van der Waals surface area contributed by atoms with Gasteiger partial charge in [0.25, 0.3) is 0 Å². The third-order valence-corrected chi connectivity index (χ3v) is 4.61. The summed E-state index contributed by atoms with van der Waals surface area (Å²) in [5, 5.41) is 0. The molecule has 0 aliphatic heterocycles. The molecule has 3 rings (SSSR count). The molecule has 0 aromatic heterocycles. The van der Waals surface area contributed by atoms with Gasteiger partial charge in [-0.2, -0.15) is 0 Å². The van der Waals surface area contributed by atoms with Crippen molar-refractivity contribution >= 4 is 5.57 Å². The van der Waals surface area contributed by atoms with Gasteiger partial charge in [0, 0.05) is 5.41 Å². The molecule has 1 aliphatic rings. The molecule has 0 amide bonds. The first-order valence-electron chi connectivity index (χ1n) is 7.77. The van der Waals surface area contributed by atoms with Gasteiger partial charge in [0.05, 0.1) is 0 Å². The van der Waals surface area contributed by atoms with E-state index in [1.54, 1.807) is 0 Å². The molecular formula is C21H24. The number of hydrogen-bond donors (Lipinski definition) is 0. The quantitative estimate of drug-likeness (QED) is 0.657. The molecule has 0 unspecified atom stereocenters. The second-order valence-electron chi connectivity index (χ2n) is 7.46. The molecule has 0 saturated carbocycles. The van der Waals surface area contributed by atoms with Crippen LogP contribution in [0, 0.1) is 0 Å². The lowest BCUT2D eigenvalue weighted by atomic mass is 9.66. The number of allylic oxidation sites excluding steroid dienone is 2. The van der Waals surface area contributed by atoms with E-state index < -0.39 is 0 Å². The van der Waals surface area contributed by atoms with Crippen molar-refractivity contribution in [1.82, 2.24) is 0 Å². The van der Waals surface area contributed by atoms with Gasteiger partial charge in [0.1, 0.15) is 0 Å². The first-order chi connectivity index (χ1) is 9.88. The molecule has 0 bridgehead atoms. The van der Waals surface area contributed by atoms with Crippen molar-refractivity contribution in [3.63, 3.8) is 0 Å². The van der Waals surface area contributed by atoms with E-state index in [9.17, 15) is 0 Å². The Bertz CT molecular complexity index is 653. The molecule has 108 valence electrons. The van der Waals surface area contributed by atoms with E-state index in [1.807, 2.05) is 0 Å². The highest BCUT2D eigenvalue weighted by Gasteiger charge is 2.34. The molecule has 0 heteroatoms. The number of hydrogen-bond acceptors (Lipinski definition) is 0. The van der Waals surface area contributed by atoms with Crippen molar-refractivity contribution in [2.24, 2.45) is 0 Å². The highest BCUT2D eigenvalue weighted by Crippen LogP contribution is 2.46. The molecule has 2 aromatic carbocycles.